The summed E-state index contributed by atoms with van der Waals surface area (Å²) in [5.41, 5.74) is 10.8. The van der Waals surface area contributed by atoms with Crippen LogP contribution in [-0.2, 0) is 6.54 Å². The third-order valence-electron chi connectivity index (χ3n) is 4.74. The lowest BCUT2D eigenvalue weighted by molar-refractivity contribution is 0.172. The predicted octanol–water partition coefficient (Wildman–Crippen LogP) is 4.11. The lowest BCUT2D eigenvalue weighted by atomic mass is 10.1. The minimum absolute atomic E-state index is 0.561. The van der Waals surface area contributed by atoms with Crippen LogP contribution in [0.4, 0.5) is 5.69 Å². The highest BCUT2D eigenvalue weighted by molar-refractivity contribution is 5.84. The molecular formula is C22H19N3O2. The Bertz CT molecular complexity index is 1120. The third kappa shape index (κ3) is 2.87. The molecule has 0 bridgehead atoms. The Morgan fingerprint density at radius 3 is 2.44 bits per heavy atom. The van der Waals surface area contributed by atoms with Gasteiger partial charge in [0.25, 0.3) is 0 Å². The van der Waals surface area contributed by atoms with Gasteiger partial charge in [0.05, 0.1) is 11.0 Å². The summed E-state index contributed by atoms with van der Waals surface area (Å²) in [5.74, 6) is 2.39. The SMILES string of the molecule is Nc1cccc(-c2nc3cc4c(cc3n2Cc2ccccc2)OCCO4)c1. The average molecular weight is 357 g/mol. The Hall–Kier alpha value is -3.47. The van der Waals surface area contributed by atoms with Gasteiger partial charge in [-0.3, -0.25) is 0 Å². The summed E-state index contributed by atoms with van der Waals surface area (Å²) >= 11 is 0. The minimum Gasteiger partial charge on any atom is -0.486 e. The maximum atomic E-state index is 6.02. The fourth-order valence-electron chi connectivity index (χ4n) is 3.49. The molecule has 134 valence electrons. The Balaban J connectivity index is 1.73. The summed E-state index contributed by atoms with van der Waals surface area (Å²) in [5, 5.41) is 0. The zero-order chi connectivity index (χ0) is 18.2. The molecular weight excluding hydrogens is 338 g/mol. The third-order valence-corrected chi connectivity index (χ3v) is 4.74. The molecule has 4 aromatic rings. The van der Waals surface area contributed by atoms with Crippen molar-refractivity contribution in [2.75, 3.05) is 18.9 Å². The molecule has 0 saturated carbocycles. The van der Waals surface area contributed by atoms with Gasteiger partial charge in [-0.1, -0.05) is 42.5 Å². The Labute approximate surface area is 157 Å². The number of nitrogens with two attached hydrogens (primary N) is 1. The number of imidazole rings is 1. The number of hydrogen-bond donors (Lipinski definition) is 1. The average Bonchev–Trinajstić information content (AvgIpc) is 3.04. The molecule has 1 aliphatic heterocycles. The molecule has 5 rings (SSSR count). The van der Waals surface area contributed by atoms with Crippen molar-refractivity contribution in [3.8, 4) is 22.9 Å². The number of nitrogen functional groups attached to an aromatic ring is 1. The molecule has 0 spiro atoms. The quantitative estimate of drug-likeness (QED) is 0.561. The molecule has 27 heavy (non-hydrogen) atoms. The second kappa shape index (κ2) is 6.36. The standard InChI is InChI=1S/C22H19N3O2/c23-17-8-4-7-16(11-17)22-24-18-12-20-21(27-10-9-26-20)13-19(18)25(22)14-15-5-2-1-3-6-15/h1-8,11-13H,9-10,14,23H2. The highest BCUT2D eigenvalue weighted by atomic mass is 16.6. The van der Waals surface area contributed by atoms with E-state index in [0.717, 1.165) is 39.6 Å². The van der Waals surface area contributed by atoms with E-state index in [1.54, 1.807) is 0 Å². The van der Waals surface area contributed by atoms with Crippen molar-refractivity contribution >= 4 is 16.7 Å². The molecule has 1 aliphatic rings. The number of benzene rings is 3. The van der Waals surface area contributed by atoms with Crippen molar-refractivity contribution in [3.05, 3.63) is 72.3 Å². The maximum absolute atomic E-state index is 6.02. The van der Waals surface area contributed by atoms with Gasteiger partial charge in [0.2, 0.25) is 0 Å². The molecule has 0 radical (unpaired) electrons. The molecule has 1 aromatic heterocycles. The van der Waals surface area contributed by atoms with E-state index in [2.05, 4.69) is 16.7 Å². The molecule has 3 aromatic carbocycles. The monoisotopic (exact) mass is 357 g/mol. The number of fused-ring (bicyclic) bond motifs is 2. The van der Waals surface area contributed by atoms with Crippen molar-refractivity contribution in [3.63, 3.8) is 0 Å². The van der Waals surface area contributed by atoms with Crippen molar-refractivity contribution in [1.82, 2.24) is 9.55 Å². The Morgan fingerprint density at radius 2 is 1.67 bits per heavy atom. The van der Waals surface area contributed by atoms with E-state index < -0.39 is 0 Å². The van der Waals surface area contributed by atoms with Crippen molar-refractivity contribution < 1.29 is 9.47 Å². The minimum atomic E-state index is 0.561. The molecule has 0 saturated heterocycles. The first kappa shape index (κ1) is 15.8. The second-order valence-electron chi connectivity index (χ2n) is 6.62. The van der Waals surface area contributed by atoms with E-state index in [4.69, 9.17) is 20.2 Å². The van der Waals surface area contributed by atoms with Crippen LogP contribution in [0.1, 0.15) is 5.56 Å². The zero-order valence-corrected chi connectivity index (χ0v) is 14.8. The van der Waals surface area contributed by atoms with Crippen LogP contribution in [-0.4, -0.2) is 22.8 Å². The Morgan fingerprint density at radius 1 is 0.889 bits per heavy atom. The van der Waals surface area contributed by atoms with Gasteiger partial charge in [-0.05, 0) is 17.7 Å². The van der Waals surface area contributed by atoms with E-state index in [-0.39, 0.29) is 0 Å². The first-order chi connectivity index (χ1) is 13.3. The van der Waals surface area contributed by atoms with Crippen molar-refractivity contribution in [2.45, 2.75) is 6.54 Å². The van der Waals surface area contributed by atoms with Crippen molar-refractivity contribution in [2.24, 2.45) is 0 Å². The van der Waals surface area contributed by atoms with E-state index >= 15 is 0 Å². The topological polar surface area (TPSA) is 62.3 Å². The molecule has 2 heterocycles. The number of aromatic nitrogens is 2. The number of ether oxygens (including phenoxy) is 2. The highest BCUT2D eigenvalue weighted by Crippen LogP contribution is 2.36. The summed E-state index contributed by atoms with van der Waals surface area (Å²) in [4.78, 5) is 4.90. The van der Waals surface area contributed by atoms with Gasteiger partial charge < -0.3 is 19.8 Å². The van der Waals surface area contributed by atoms with Gasteiger partial charge in [-0.2, -0.15) is 0 Å². The van der Waals surface area contributed by atoms with Gasteiger partial charge >= 0.3 is 0 Å². The molecule has 5 nitrogen and oxygen atoms in total. The van der Waals surface area contributed by atoms with Crippen LogP contribution in [0.3, 0.4) is 0 Å². The molecule has 0 fully saturated rings. The molecule has 0 atom stereocenters. The van der Waals surface area contributed by atoms with Crippen LogP contribution in [0.15, 0.2) is 66.7 Å². The number of rotatable bonds is 3. The fraction of sp³-hybridized carbons (Fsp3) is 0.136. The summed E-state index contributed by atoms with van der Waals surface area (Å²) in [6, 6.07) is 22.2. The zero-order valence-electron chi connectivity index (χ0n) is 14.8. The summed E-state index contributed by atoms with van der Waals surface area (Å²) < 4.78 is 13.7. The smallest absolute Gasteiger partial charge is 0.163 e. The first-order valence-corrected chi connectivity index (χ1v) is 8.98. The van der Waals surface area contributed by atoms with E-state index in [1.807, 2.05) is 54.6 Å². The van der Waals surface area contributed by atoms with Crippen LogP contribution in [0.25, 0.3) is 22.4 Å². The second-order valence-corrected chi connectivity index (χ2v) is 6.62. The van der Waals surface area contributed by atoms with Gasteiger partial charge in [0, 0.05) is 29.9 Å². The van der Waals surface area contributed by atoms with Gasteiger partial charge in [-0.15, -0.1) is 0 Å². The predicted molar refractivity (Wildman–Crippen MR) is 106 cm³/mol. The molecule has 5 heteroatoms. The van der Waals surface area contributed by atoms with Crippen molar-refractivity contribution in [1.29, 1.82) is 0 Å². The number of anilines is 1. The summed E-state index contributed by atoms with van der Waals surface area (Å²) in [6.07, 6.45) is 0. The Kier molecular flexibility index (Phi) is 3.71. The van der Waals surface area contributed by atoms with E-state index in [1.165, 1.54) is 5.56 Å². The molecule has 0 amide bonds. The van der Waals surface area contributed by atoms with Crippen LogP contribution in [0, 0.1) is 0 Å². The number of hydrogen-bond acceptors (Lipinski definition) is 4. The van der Waals surface area contributed by atoms with Gasteiger partial charge in [-0.25, -0.2) is 4.98 Å². The van der Waals surface area contributed by atoms with Crippen LogP contribution >= 0.6 is 0 Å². The fourth-order valence-corrected chi connectivity index (χ4v) is 3.49. The molecule has 2 N–H and O–H groups in total. The summed E-state index contributed by atoms with van der Waals surface area (Å²) in [7, 11) is 0. The van der Waals surface area contributed by atoms with Gasteiger partial charge in [0.15, 0.2) is 11.5 Å². The van der Waals surface area contributed by atoms with Crippen LogP contribution < -0.4 is 15.2 Å². The lowest BCUT2D eigenvalue weighted by Crippen LogP contribution is -2.15. The first-order valence-electron chi connectivity index (χ1n) is 8.98. The lowest BCUT2D eigenvalue weighted by Gasteiger charge is -2.18. The normalized spacial score (nSPS) is 13.0. The van der Waals surface area contributed by atoms with E-state index in [0.29, 0.717) is 19.8 Å². The molecule has 0 aliphatic carbocycles. The molecule has 0 unspecified atom stereocenters. The highest BCUT2D eigenvalue weighted by Gasteiger charge is 2.19. The van der Waals surface area contributed by atoms with Gasteiger partial charge in [0.1, 0.15) is 19.0 Å². The van der Waals surface area contributed by atoms with E-state index in [9.17, 15) is 0 Å². The summed E-state index contributed by atoms with van der Waals surface area (Å²) in [6.45, 7) is 1.83. The van der Waals surface area contributed by atoms with Crippen LogP contribution in [0.5, 0.6) is 11.5 Å². The maximum Gasteiger partial charge on any atom is 0.163 e. The number of nitrogens with zero attached hydrogens (tertiary/aromatic N) is 2. The largest absolute Gasteiger partial charge is 0.486 e. The van der Waals surface area contributed by atoms with Crippen LogP contribution in [0.2, 0.25) is 0 Å².